The van der Waals surface area contributed by atoms with Crippen LogP contribution in [0.15, 0.2) is 24.3 Å². The molecule has 0 bridgehead atoms. The Kier molecular flexibility index (Phi) is 9.39. The topological polar surface area (TPSA) is 61.9 Å². The summed E-state index contributed by atoms with van der Waals surface area (Å²) >= 11 is 0. The number of benzene rings is 1. The number of hydrogen-bond donors (Lipinski definition) is 1. The number of piperazine rings is 1. The van der Waals surface area contributed by atoms with Crippen LogP contribution in [0.5, 0.6) is 5.75 Å². The molecule has 6 heteroatoms. The predicted molar refractivity (Wildman–Crippen MR) is 128 cm³/mol. The molecule has 1 saturated heterocycles. The third-order valence-corrected chi connectivity index (χ3v) is 7.34. The first kappa shape index (κ1) is 24.6. The molecule has 3 rings (SSSR count). The smallest absolute Gasteiger partial charge is 0.237 e. The maximum atomic E-state index is 13.3. The number of methoxy groups -OCH3 is 1. The molecular formula is C26H41N3O3. The molecule has 1 aromatic rings. The van der Waals surface area contributed by atoms with Crippen LogP contribution in [0.2, 0.25) is 0 Å². The van der Waals surface area contributed by atoms with E-state index in [9.17, 15) is 9.59 Å². The number of rotatable bonds is 10. The summed E-state index contributed by atoms with van der Waals surface area (Å²) in [4.78, 5) is 30.4. The first-order valence-corrected chi connectivity index (χ1v) is 12.5. The molecule has 6 nitrogen and oxygen atoms in total. The summed E-state index contributed by atoms with van der Waals surface area (Å²) in [5, 5.41) is 3.21. The lowest BCUT2D eigenvalue weighted by Gasteiger charge is -2.41. The Morgan fingerprint density at radius 3 is 2.22 bits per heavy atom. The van der Waals surface area contributed by atoms with Crippen LogP contribution < -0.4 is 10.1 Å². The Morgan fingerprint density at radius 2 is 1.66 bits per heavy atom. The normalized spacial score (nSPS) is 18.7. The number of nitrogens with zero attached hydrogens (tertiary/aromatic N) is 2. The third kappa shape index (κ3) is 6.25. The number of amides is 2. The van der Waals surface area contributed by atoms with Gasteiger partial charge in [-0.15, -0.1) is 0 Å². The van der Waals surface area contributed by atoms with Gasteiger partial charge in [-0.3, -0.25) is 14.5 Å². The van der Waals surface area contributed by atoms with Crippen LogP contribution in [-0.4, -0.2) is 67.5 Å². The lowest BCUT2D eigenvalue weighted by atomic mass is 9.94. The highest BCUT2D eigenvalue weighted by Crippen LogP contribution is 2.31. The standard InChI is InChI=1S/C26H41N3O3/c1-4-21(5-2)26(31)29-18-16-28(17-19-29)24(22-8-6-7-9-22)25(30)27-15-14-20-10-12-23(32-3)13-11-20/h10-13,21-22,24H,4-9,14-19H2,1-3H3,(H,27,30). The molecule has 0 aromatic heterocycles. The Balaban J connectivity index is 1.55. The predicted octanol–water partition coefficient (Wildman–Crippen LogP) is 3.49. The molecule has 2 fully saturated rings. The van der Waals surface area contributed by atoms with Crippen LogP contribution in [0.3, 0.4) is 0 Å². The minimum absolute atomic E-state index is 0.0706. The zero-order valence-electron chi connectivity index (χ0n) is 20.1. The van der Waals surface area contributed by atoms with Gasteiger partial charge in [-0.1, -0.05) is 38.8 Å². The van der Waals surface area contributed by atoms with Crippen LogP contribution in [0.25, 0.3) is 0 Å². The Morgan fingerprint density at radius 1 is 1.03 bits per heavy atom. The van der Waals surface area contributed by atoms with Gasteiger partial charge in [0.2, 0.25) is 11.8 Å². The zero-order valence-corrected chi connectivity index (χ0v) is 20.1. The van der Waals surface area contributed by atoms with E-state index >= 15 is 0 Å². The third-order valence-electron chi connectivity index (χ3n) is 7.34. The van der Waals surface area contributed by atoms with Crippen molar-refractivity contribution in [1.82, 2.24) is 15.1 Å². The molecule has 32 heavy (non-hydrogen) atoms. The van der Waals surface area contributed by atoms with Crippen LogP contribution in [0.1, 0.15) is 57.9 Å². The quantitative estimate of drug-likeness (QED) is 0.601. The fourth-order valence-electron chi connectivity index (χ4n) is 5.29. The lowest BCUT2D eigenvalue weighted by Crippen LogP contribution is -2.58. The Hall–Kier alpha value is -2.08. The van der Waals surface area contributed by atoms with E-state index in [-0.39, 0.29) is 23.8 Å². The summed E-state index contributed by atoms with van der Waals surface area (Å²) in [6, 6.07) is 7.95. The molecule has 1 aliphatic heterocycles. The van der Waals surface area contributed by atoms with Gasteiger partial charge >= 0.3 is 0 Å². The fourth-order valence-corrected chi connectivity index (χ4v) is 5.29. The van der Waals surface area contributed by atoms with Crippen LogP contribution in [0.4, 0.5) is 0 Å². The molecular weight excluding hydrogens is 402 g/mol. The van der Waals surface area contributed by atoms with Gasteiger partial charge in [-0.25, -0.2) is 0 Å². The summed E-state index contributed by atoms with van der Waals surface area (Å²) in [6.45, 7) is 7.87. The van der Waals surface area contributed by atoms with E-state index in [1.165, 1.54) is 18.4 Å². The van der Waals surface area contributed by atoms with Crippen LogP contribution in [0, 0.1) is 11.8 Å². The van der Waals surface area contributed by atoms with Crippen molar-refractivity contribution < 1.29 is 14.3 Å². The van der Waals surface area contributed by atoms with Crippen molar-refractivity contribution in [2.24, 2.45) is 11.8 Å². The van der Waals surface area contributed by atoms with E-state index in [2.05, 4.69) is 36.2 Å². The molecule has 0 radical (unpaired) electrons. The molecule has 1 aromatic carbocycles. The summed E-state index contributed by atoms with van der Waals surface area (Å²) in [6.07, 6.45) is 7.30. The highest BCUT2D eigenvalue weighted by atomic mass is 16.5. The summed E-state index contributed by atoms with van der Waals surface area (Å²) in [7, 11) is 1.67. The molecule has 178 valence electrons. The van der Waals surface area contributed by atoms with Crippen molar-refractivity contribution in [2.45, 2.75) is 64.8 Å². The monoisotopic (exact) mass is 443 g/mol. The molecule has 1 saturated carbocycles. The van der Waals surface area contributed by atoms with E-state index in [0.717, 1.165) is 64.0 Å². The highest BCUT2D eigenvalue weighted by Gasteiger charge is 2.37. The van der Waals surface area contributed by atoms with Gasteiger partial charge in [0.1, 0.15) is 5.75 Å². The first-order chi connectivity index (χ1) is 15.6. The van der Waals surface area contributed by atoms with Gasteiger partial charge in [0.05, 0.1) is 13.2 Å². The van der Waals surface area contributed by atoms with Crippen LogP contribution in [-0.2, 0) is 16.0 Å². The molecule has 1 heterocycles. The second-order valence-electron chi connectivity index (χ2n) is 9.25. The summed E-state index contributed by atoms with van der Waals surface area (Å²) in [5.74, 6) is 1.85. The maximum Gasteiger partial charge on any atom is 0.237 e. The molecule has 1 atom stereocenters. The number of carbonyl (C=O) groups is 2. The Bertz CT molecular complexity index is 718. The molecule has 1 unspecified atom stereocenters. The molecule has 1 aliphatic carbocycles. The van der Waals surface area contributed by atoms with Gasteiger partial charge in [-0.2, -0.15) is 0 Å². The highest BCUT2D eigenvalue weighted by molar-refractivity contribution is 5.82. The number of carbonyl (C=O) groups excluding carboxylic acids is 2. The van der Waals surface area contributed by atoms with Crippen molar-refractivity contribution in [1.29, 1.82) is 0 Å². The zero-order chi connectivity index (χ0) is 22.9. The summed E-state index contributed by atoms with van der Waals surface area (Å²) in [5.41, 5.74) is 1.19. The lowest BCUT2D eigenvalue weighted by molar-refractivity contribution is -0.139. The van der Waals surface area contributed by atoms with E-state index in [4.69, 9.17) is 4.74 Å². The van der Waals surface area contributed by atoms with E-state index in [1.54, 1.807) is 7.11 Å². The number of hydrogen-bond acceptors (Lipinski definition) is 4. The van der Waals surface area contributed by atoms with Crippen molar-refractivity contribution >= 4 is 11.8 Å². The summed E-state index contributed by atoms with van der Waals surface area (Å²) < 4.78 is 5.22. The first-order valence-electron chi connectivity index (χ1n) is 12.5. The van der Waals surface area contributed by atoms with Crippen molar-refractivity contribution in [2.75, 3.05) is 39.8 Å². The minimum Gasteiger partial charge on any atom is -0.497 e. The van der Waals surface area contributed by atoms with Gasteiger partial charge in [0.15, 0.2) is 0 Å². The minimum atomic E-state index is -0.0706. The van der Waals surface area contributed by atoms with Crippen molar-refractivity contribution in [3.63, 3.8) is 0 Å². The van der Waals surface area contributed by atoms with Crippen LogP contribution >= 0.6 is 0 Å². The molecule has 1 N–H and O–H groups in total. The van der Waals surface area contributed by atoms with E-state index < -0.39 is 0 Å². The number of ether oxygens (including phenoxy) is 1. The molecule has 2 amide bonds. The average molecular weight is 444 g/mol. The average Bonchev–Trinajstić information content (AvgIpc) is 3.35. The van der Waals surface area contributed by atoms with Gasteiger partial charge < -0.3 is 15.0 Å². The molecule has 2 aliphatic rings. The van der Waals surface area contributed by atoms with Gasteiger partial charge in [0.25, 0.3) is 0 Å². The van der Waals surface area contributed by atoms with E-state index in [1.807, 2.05) is 17.0 Å². The second-order valence-corrected chi connectivity index (χ2v) is 9.25. The Labute approximate surface area is 193 Å². The largest absolute Gasteiger partial charge is 0.497 e. The van der Waals surface area contributed by atoms with Crippen molar-refractivity contribution in [3.8, 4) is 5.75 Å². The van der Waals surface area contributed by atoms with Gasteiger partial charge in [-0.05, 0) is 55.7 Å². The molecule has 0 spiro atoms. The van der Waals surface area contributed by atoms with Crippen molar-refractivity contribution in [3.05, 3.63) is 29.8 Å². The SMILES string of the molecule is CCC(CC)C(=O)N1CCN(C(C(=O)NCCc2ccc(OC)cc2)C2CCCC2)CC1. The fraction of sp³-hybridized carbons (Fsp3) is 0.692. The maximum absolute atomic E-state index is 13.3. The van der Waals surface area contributed by atoms with Gasteiger partial charge in [0, 0.05) is 38.6 Å². The van der Waals surface area contributed by atoms with E-state index in [0.29, 0.717) is 12.5 Å². The second kappa shape index (κ2) is 12.2. The number of nitrogens with one attached hydrogen (secondary N) is 1.